The van der Waals surface area contributed by atoms with Crippen molar-refractivity contribution in [3.05, 3.63) is 52.9 Å². The number of ether oxygens (including phenoxy) is 3. The lowest BCUT2D eigenvalue weighted by Crippen LogP contribution is -2.40. The Labute approximate surface area is 261 Å². The molecule has 0 unspecified atom stereocenters. The number of nitrogens with zero attached hydrogens (tertiary/aromatic N) is 2. The van der Waals surface area contributed by atoms with Gasteiger partial charge in [0, 0.05) is 6.54 Å². The Morgan fingerprint density at radius 2 is 1.89 bits per heavy atom. The second kappa shape index (κ2) is 12.7. The first-order valence-electron chi connectivity index (χ1n) is 16.4. The van der Waals surface area contributed by atoms with E-state index in [1.165, 1.54) is 5.56 Å². The van der Waals surface area contributed by atoms with E-state index >= 15 is 0 Å². The number of likely N-dealkylation sites (tertiary alicyclic amines) is 1. The molecule has 0 amide bonds. The minimum Gasteiger partial charge on any atom is -0.496 e. The van der Waals surface area contributed by atoms with E-state index in [9.17, 15) is 9.90 Å². The number of aliphatic carboxylic acids is 1. The number of oxazole rings is 1. The molecule has 1 saturated carbocycles. The van der Waals surface area contributed by atoms with Crippen molar-refractivity contribution in [3.8, 4) is 11.5 Å². The molecule has 0 bridgehead atoms. The molecule has 238 valence electrons. The highest BCUT2D eigenvalue weighted by molar-refractivity contribution is 5.79. The van der Waals surface area contributed by atoms with Gasteiger partial charge in [-0.15, -0.1) is 0 Å². The lowest BCUT2D eigenvalue weighted by molar-refractivity contribution is -0.142. The molecule has 3 aliphatic rings. The van der Waals surface area contributed by atoms with Crippen molar-refractivity contribution in [2.24, 2.45) is 23.2 Å². The zero-order valence-corrected chi connectivity index (χ0v) is 26.9. The number of aromatic nitrogens is 1. The molecule has 8 nitrogen and oxygen atoms in total. The molecule has 1 saturated heterocycles. The first-order chi connectivity index (χ1) is 21.1. The molecule has 2 aromatic carbocycles. The average Bonchev–Trinajstić information content (AvgIpc) is 3.74. The Bertz CT molecular complexity index is 1460. The van der Waals surface area contributed by atoms with Crippen LogP contribution in [-0.2, 0) is 29.1 Å². The molecule has 0 spiro atoms. The van der Waals surface area contributed by atoms with Crippen molar-refractivity contribution < 1.29 is 28.5 Å². The van der Waals surface area contributed by atoms with E-state index in [0.717, 1.165) is 91.9 Å². The van der Waals surface area contributed by atoms with Gasteiger partial charge in [-0.25, -0.2) is 4.98 Å². The molecule has 3 aromatic rings. The monoisotopic (exact) mass is 604 g/mol. The second-order valence-corrected chi connectivity index (χ2v) is 14.4. The van der Waals surface area contributed by atoms with Crippen LogP contribution in [0.1, 0.15) is 88.3 Å². The van der Waals surface area contributed by atoms with Gasteiger partial charge < -0.3 is 23.7 Å². The predicted molar refractivity (Wildman–Crippen MR) is 169 cm³/mol. The number of hydrogen-bond acceptors (Lipinski definition) is 7. The number of carbonyl (C=O) groups is 1. The van der Waals surface area contributed by atoms with Crippen LogP contribution < -0.4 is 9.47 Å². The number of rotatable bonds is 11. The Morgan fingerprint density at radius 3 is 2.57 bits per heavy atom. The number of methoxy groups -OCH3 is 1. The first kappa shape index (κ1) is 30.9. The number of carboxylic acid groups (broad SMARTS) is 1. The summed E-state index contributed by atoms with van der Waals surface area (Å²) in [6.07, 6.45) is 6.60. The Morgan fingerprint density at radius 1 is 1.11 bits per heavy atom. The van der Waals surface area contributed by atoms with Crippen LogP contribution in [-0.4, -0.2) is 53.9 Å². The van der Waals surface area contributed by atoms with Crippen molar-refractivity contribution >= 4 is 17.1 Å². The maximum absolute atomic E-state index is 11.8. The van der Waals surface area contributed by atoms with Crippen LogP contribution in [0.25, 0.3) is 11.1 Å². The zero-order chi connectivity index (χ0) is 31.0. The third kappa shape index (κ3) is 6.91. The van der Waals surface area contributed by atoms with Crippen molar-refractivity contribution in [2.45, 2.75) is 91.4 Å². The van der Waals surface area contributed by atoms with E-state index < -0.39 is 5.97 Å². The Hall–Kier alpha value is -3.10. The van der Waals surface area contributed by atoms with Gasteiger partial charge in [0.1, 0.15) is 29.7 Å². The molecule has 0 radical (unpaired) electrons. The summed E-state index contributed by atoms with van der Waals surface area (Å²) < 4.78 is 24.5. The summed E-state index contributed by atoms with van der Waals surface area (Å²) in [5, 5.41) is 9.74. The molecule has 3 atom stereocenters. The van der Waals surface area contributed by atoms with Gasteiger partial charge in [-0.3, -0.25) is 9.69 Å². The van der Waals surface area contributed by atoms with Gasteiger partial charge in [-0.05, 0) is 104 Å². The molecule has 6 rings (SSSR count). The number of fused-ring (bicyclic) bond motifs is 2. The van der Waals surface area contributed by atoms with Gasteiger partial charge >= 0.3 is 5.97 Å². The highest BCUT2D eigenvalue weighted by Crippen LogP contribution is 2.48. The minimum atomic E-state index is -0.715. The normalized spacial score (nSPS) is 21.1. The molecule has 1 aliphatic carbocycles. The summed E-state index contributed by atoms with van der Waals surface area (Å²) in [6, 6.07) is 10.4. The Kier molecular flexibility index (Phi) is 8.93. The zero-order valence-electron chi connectivity index (χ0n) is 26.9. The van der Waals surface area contributed by atoms with Gasteiger partial charge in [0.2, 0.25) is 5.89 Å². The van der Waals surface area contributed by atoms with Gasteiger partial charge in [0.25, 0.3) is 0 Å². The Balaban J connectivity index is 1.09. The maximum atomic E-state index is 11.8. The first-order valence-corrected chi connectivity index (χ1v) is 16.4. The standard InChI is InChI=1S/C36H48N2O6/c1-22(35(39)40)33(25-7-8-25)26-9-6-23-10-12-29(43-31(23)18-26)24-14-16-38(17-15-24)19-27-30(41-5)13-11-28-34(27)44-32(37-28)20-42-21-36(2,3)4/h6,9,11,13,18,22,24-25,29,33H,7-8,10,12,14-17,19-21H2,1-5H3,(H,39,40)/t22-,29+,33-/m0/s1. The number of piperidine rings is 1. The van der Waals surface area contributed by atoms with Gasteiger partial charge in [0.05, 0.1) is 25.2 Å². The van der Waals surface area contributed by atoms with Crippen LogP contribution in [0.2, 0.25) is 0 Å². The van der Waals surface area contributed by atoms with Crippen LogP contribution in [0, 0.1) is 23.2 Å². The summed E-state index contributed by atoms with van der Waals surface area (Å²) >= 11 is 0. The number of carboxylic acids is 1. The van der Waals surface area contributed by atoms with Crippen molar-refractivity contribution in [1.29, 1.82) is 0 Å². The van der Waals surface area contributed by atoms with Crippen molar-refractivity contribution in [1.82, 2.24) is 9.88 Å². The SMILES string of the molecule is COc1ccc2nc(COCC(C)(C)C)oc2c1CN1CCC([C@H]2CCc3ccc([C@H](C4CC4)[C@H](C)C(=O)O)cc3O2)CC1. The minimum absolute atomic E-state index is 0.0583. The van der Waals surface area contributed by atoms with Crippen LogP contribution >= 0.6 is 0 Å². The fourth-order valence-electron chi connectivity index (χ4n) is 7.15. The molecule has 8 heteroatoms. The van der Waals surface area contributed by atoms with E-state index in [0.29, 0.717) is 30.9 Å². The van der Waals surface area contributed by atoms with Gasteiger partial charge in [0.15, 0.2) is 5.58 Å². The lowest BCUT2D eigenvalue weighted by Gasteiger charge is -2.38. The van der Waals surface area contributed by atoms with Crippen LogP contribution in [0.15, 0.2) is 34.7 Å². The topological polar surface area (TPSA) is 94.3 Å². The van der Waals surface area contributed by atoms with Crippen LogP contribution in [0.5, 0.6) is 11.5 Å². The highest BCUT2D eigenvalue weighted by atomic mass is 16.5. The maximum Gasteiger partial charge on any atom is 0.306 e. The molecule has 1 aromatic heterocycles. The quantitative estimate of drug-likeness (QED) is 0.245. The van der Waals surface area contributed by atoms with Crippen LogP contribution in [0.3, 0.4) is 0 Å². The lowest BCUT2D eigenvalue weighted by atomic mass is 9.81. The fourth-order valence-corrected chi connectivity index (χ4v) is 7.15. The van der Waals surface area contributed by atoms with Gasteiger partial charge in [-0.2, -0.15) is 0 Å². The molecule has 44 heavy (non-hydrogen) atoms. The summed E-state index contributed by atoms with van der Waals surface area (Å²) in [7, 11) is 1.71. The summed E-state index contributed by atoms with van der Waals surface area (Å²) in [5.41, 5.74) is 5.10. The van der Waals surface area contributed by atoms with E-state index in [2.05, 4.69) is 48.9 Å². The number of benzene rings is 2. The predicted octanol–water partition coefficient (Wildman–Crippen LogP) is 7.22. The van der Waals surface area contributed by atoms with E-state index in [4.69, 9.17) is 18.6 Å². The molecular weight excluding hydrogens is 556 g/mol. The van der Waals surface area contributed by atoms with E-state index in [-0.39, 0.29) is 23.4 Å². The summed E-state index contributed by atoms with van der Waals surface area (Å²) in [6.45, 7) is 12.0. The average molecular weight is 605 g/mol. The number of aryl methyl sites for hydroxylation is 1. The smallest absolute Gasteiger partial charge is 0.306 e. The largest absolute Gasteiger partial charge is 0.496 e. The number of hydrogen-bond donors (Lipinski definition) is 1. The third-order valence-corrected chi connectivity index (χ3v) is 9.69. The molecule has 1 N–H and O–H groups in total. The van der Waals surface area contributed by atoms with Crippen LogP contribution in [0.4, 0.5) is 0 Å². The summed E-state index contributed by atoms with van der Waals surface area (Å²) in [4.78, 5) is 19.0. The third-order valence-electron chi connectivity index (χ3n) is 9.69. The van der Waals surface area contributed by atoms with Gasteiger partial charge in [-0.1, -0.05) is 39.8 Å². The van der Waals surface area contributed by atoms with E-state index in [1.54, 1.807) is 7.11 Å². The fraction of sp³-hybridized carbons (Fsp3) is 0.611. The van der Waals surface area contributed by atoms with Crippen molar-refractivity contribution in [2.75, 3.05) is 26.8 Å². The van der Waals surface area contributed by atoms with E-state index in [1.807, 2.05) is 19.1 Å². The molecule has 2 fully saturated rings. The molecule has 3 heterocycles. The molecular formula is C36H48N2O6. The molecule has 2 aliphatic heterocycles. The highest BCUT2D eigenvalue weighted by Gasteiger charge is 2.39. The van der Waals surface area contributed by atoms with Crippen molar-refractivity contribution in [3.63, 3.8) is 0 Å². The summed E-state index contributed by atoms with van der Waals surface area (Å²) in [5.74, 6) is 2.30. The second-order valence-electron chi connectivity index (χ2n) is 14.4.